The lowest BCUT2D eigenvalue weighted by Gasteiger charge is -2.31. The maximum Gasteiger partial charge on any atom is 0.157 e. The number of aliphatic hydroxyl groups is 1. The molecule has 5 heteroatoms. The van der Waals surface area contributed by atoms with Gasteiger partial charge in [0.05, 0.1) is 6.20 Å². The van der Waals surface area contributed by atoms with Crippen molar-refractivity contribution in [1.82, 2.24) is 14.6 Å². The van der Waals surface area contributed by atoms with Gasteiger partial charge in [0.1, 0.15) is 5.82 Å². The van der Waals surface area contributed by atoms with Gasteiger partial charge in [0, 0.05) is 30.8 Å². The Balaban J connectivity index is 1.77. The van der Waals surface area contributed by atoms with Crippen molar-refractivity contribution in [1.29, 1.82) is 0 Å². The third-order valence-corrected chi connectivity index (χ3v) is 3.73. The molecule has 0 spiro atoms. The fourth-order valence-corrected chi connectivity index (χ4v) is 2.70. The molecule has 0 saturated heterocycles. The van der Waals surface area contributed by atoms with Gasteiger partial charge in [0.15, 0.2) is 5.65 Å². The third-order valence-electron chi connectivity index (χ3n) is 3.73. The number of anilines is 1. The van der Waals surface area contributed by atoms with Crippen LogP contribution in [0.25, 0.3) is 5.65 Å². The zero-order valence-corrected chi connectivity index (χ0v) is 10.3. The van der Waals surface area contributed by atoms with Crippen molar-refractivity contribution in [2.75, 3.05) is 11.9 Å². The van der Waals surface area contributed by atoms with Crippen LogP contribution < -0.4 is 5.32 Å². The summed E-state index contributed by atoms with van der Waals surface area (Å²) < 4.78 is 1.75. The van der Waals surface area contributed by atoms with Crippen LogP contribution >= 0.6 is 0 Å². The van der Waals surface area contributed by atoms with Gasteiger partial charge in [0.25, 0.3) is 0 Å². The summed E-state index contributed by atoms with van der Waals surface area (Å²) in [6, 6.07) is 4.15. The molecule has 0 bridgehead atoms. The Morgan fingerprint density at radius 2 is 2.22 bits per heavy atom. The highest BCUT2D eigenvalue weighted by atomic mass is 16.3. The van der Waals surface area contributed by atoms with E-state index in [1.807, 2.05) is 18.3 Å². The first kappa shape index (κ1) is 11.5. The first-order valence-corrected chi connectivity index (χ1v) is 6.54. The van der Waals surface area contributed by atoms with Gasteiger partial charge in [-0.15, -0.1) is 0 Å². The van der Waals surface area contributed by atoms with Crippen molar-refractivity contribution in [3.63, 3.8) is 0 Å². The van der Waals surface area contributed by atoms with Crippen molar-refractivity contribution < 1.29 is 5.11 Å². The minimum atomic E-state index is 0.257. The van der Waals surface area contributed by atoms with Crippen molar-refractivity contribution in [2.24, 2.45) is 5.92 Å². The van der Waals surface area contributed by atoms with Crippen molar-refractivity contribution in [3.8, 4) is 0 Å². The van der Waals surface area contributed by atoms with E-state index in [0.29, 0.717) is 12.0 Å². The van der Waals surface area contributed by atoms with Crippen LogP contribution in [0.4, 0.5) is 5.82 Å². The molecule has 18 heavy (non-hydrogen) atoms. The van der Waals surface area contributed by atoms with E-state index in [1.54, 1.807) is 10.7 Å². The number of nitrogens with one attached hydrogen (secondary N) is 1. The number of aliphatic hydroxyl groups excluding tert-OH is 1. The Hall–Kier alpha value is -1.62. The van der Waals surface area contributed by atoms with Gasteiger partial charge >= 0.3 is 0 Å². The molecule has 0 aromatic carbocycles. The normalized spacial score (nSPS) is 24.3. The largest absolute Gasteiger partial charge is 0.396 e. The molecule has 1 saturated carbocycles. The second-order valence-corrected chi connectivity index (χ2v) is 4.92. The van der Waals surface area contributed by atoms with E-state index in [-0.39, 0.29) is 6.61 Å². The third kappa shape index (κ3) is 2.18. The molecule has 0 amide bonds. The summed E-state index contributed by atoms with van der Waals surface area (Å²) in [5.41, 5.74) is 0.844. The molecule has 1 aliphatic rings. The van der Waals surface area contributed by atoms with E-state index in [9.17, 15) is 5.11 Å². The molecular formula is C13H18N4O. The van der Waals surface area contributed by atoms with E-state index < -0.39 is 0 Å². The minimum absolute atomic E-state index is 0.257. The number of fused-ring (bicyclic) bond motifs is 1. The van der Waals surface area contributed by atoms with Crippen molar-refractivity contribution in [2.45, 2.75) is 31.7 Å². The summed E-state index contributed by atoms with van der Waals surface area (Å²) in [7, 11) is 0. The lowest BCUT2D eigenvalue weighted by atomic mass is 9.85. The topological polar surface area (TPSA) is 62.5 Å². The Kier molecular flexibility index (Phi) is 3.15. The number of rotatable bonds is 3. The standard InChI is InChI=1S/C13H18N4O/c18-9-10-3-1-2-4-11(10)15-12-6-8-17-13(16-12)5-7-14-17/h5-8,10-11,18H,1-4,9H2,(H,15,16). The highest BCUT2D eigenvalue weighted by molar-refractivity contribution is 5.46. The Labute approximate surface area is 106 Å². The van der Waals surface area contributed by atoms with E-state index in [4.69, 9.17) is 0 Å². The van der Waals surface area contributed by atoms with Crippen LogP contribution in [0.15, 0.2) is 24.5 Å². The van der Waals surface area contributed by atoms with E-state index in [1.165, 1.54) is 12.8 Å². The van der Waals surface area contributed by atoms with Gasteiger partial charge in [-0.05, 0) is 18.9 Å². The molecule has 2 heterocycles. The van der Waals surface area contributed by atoms with Crippen LogP contribution in [0.5, 0.6) is 0 Å². The van der Waals surface area contributed by atoms with Gasteiger partial charge in [-0.25, -0.2) is 9.50 Å². The van der Waals surface area contributed by atoms with Gasteiger partial charge in [0.2, 0.25) is 0 Å². The SMILES string of the molecule is OCC1CCCCC1Nc1ccn2nccc2n1. The lowest BCUT2D eigenvalue weighted by Crippen LogP contribution is -2.34. The summed E-state index contributed by atoms with van der Waals surface area (Å²) in [4.78, 5) is 4.51. The molecule has 1 fully saturated rings. The summed E-state index contributed by atoms with van der Waals surface area (Å²) in [6.07, 6.45) is 8.30. The average molecular weight is 246 g/mol. The monoisotopic (exact) mass is 246 g/mol. The lowest BCUT2D eigenvalue weighted by molar-refractivity contribution is 0.178. The molecule has 2 atom stereocenters. The quantitative estimate of drug-likeness (QED) is 0.865. The second-order valence-electron chi connectivity index (χ2n) is 4.92. The van der Waals surface area contributed by atoms with Crippen LogP contribution in [0.2, 0.25) is 0 Å². The molecule has 2 unspecified atom stereocenters. The average Bonchev–Trinajstić information content (AvgIpc) is 2.87. The zero-order chi connectivity index (χ0) is 12.4. The fourth-order valence-electron chi connectivity index (χ4n) is 2.70. The molecule has 96 valence electrons. The first-order chi connectivity index (χ1) is 8.86. The summed E-state index contributed by atoms with van der Waals surface area (Å²) in [5, 5.41) is 17.0. The molecule has 3 rings (SSSR count). The summed E-state index contributed by atoms with van der Waals surface area (Å²) in [5.74, 6) is 1.22. The highest BCUT2D eigenvalue weighted by Crippen LogP contribution is 2.26. The molecule has 5 nitrogen and oxygen atoms in total. The second kappa shape index (κ2) is 4.94. The molecule has 0 radical (unpaired) electrons. The fraction of sp³-hybridized carbons (Fsp3) is 0.538. The Morgan fingerprint density at radius 1 is 1.33 bits per heavy atom. The molecule has 1 aliphatic carbocycles. The smallest absolute Gasteiger partial charge is 0.157 e. The predicted octanol–water partition coefficient (Wildman–Crippen LogP) is 1.69. The van der Waals surface area contributed by atoms with Gasteiger partial charge in [-0.2, -0.15) is 5.10 Å². The maximum absolute atomic E-state index is 9.40. The van der Waals surface area contributed by atoms with E-state index >= 15 is 0 Å². The van der Waals surface area contributed by atoms with Gasteiger partial charge in [-0.1, -0.05) is 12.8 Å². The van der Waals surface area contributed by atoms with Crippen LogP contribution in [-0.4, -0.2) is 32.4 Å². The van der Waals surface area contributed by atoms with Crippen LogP contribution in [-0.2, 0) is 0 Å². The first-order valence-electron chi connectivity index (χ1n) is 6.54. The summed E-state index contributed by atoms with van der Waals surface area (Å²) >= 11 is 0. The molecule has 2 aromatic rings. The van der Waals surface area contributed by atoms with Crippen LogP contribution in [0, 0.1) is 5.92 Å². The minimum Gasteiger partial charge on any atom is -0.396 e. The highest BCUT2D eigenvalue weighted by Gasteiger charge is 2.24. The van der Waals surface area contributed by atoms with E-state index in [2.05, 4.69) is 15.4 Å². The van der Waals surface area contributed by atoms with Crippen molar-refractivity contribution in [3.05, 3.63) is 24.5 Å². The molecule has 2 aromatic heterocycles. The number of hydrogen-bond acceptors (Lipinski definition) is 4. The van der Waals surface area contributed by atoms with E-state index in [0.717, 1.165) is 24.3 Å². The number of aromatic nitrogens is 3. The predicted molar refractivity (Wildman–Crippen MR) is 69.4 cm³/mol. The molecule has 2 N–H and O–H groups in total. The number of hydrogen-bond donors (Lipinski definition) is 2. The van der Waals surface area contributed by atoms with Crippen LogP contribution in [0.1, 0.15) is 25.7 Å². The molecular weight excluding hydrogens is 228 g/mol. The maximum atomic E-state index is 9.40. The van der Waals surface area contributed by atoms with Gasteiger partial charge in [-0.3, -0.25) is 0 Å². The van der Waals surface area contributed by atoms with Crippen LogP contribution in [0.3, 0.4) is 0 Å². The van der Waals surface area contributed by atoms with Gasteiger partial charge < -0.3 is 10.4 Å². The zero-order valence-electron chi connectivity index (χ0n) is 10.3. The Morgan fingerprint density at radius 3 is 3.11 bits per heavy atom. The summed E-state index contributed by atoms with van der Waals surface area (Å²) in [6.45, 7) is 0.257. The Bertz CT molecular complexity index is 524. The molecule has 0 aliphatic heterocycles. The number of nitrogens with zero attached hydrogens (tertiary/aromatic N) is 3. The van der Waals surface area contributed by atoms with Crippen molar-refractivity contribution >= 4 is 11.5 Å².